The molecule has 1 aliphatic rings. The lowest BCUT2D eigenvalue weighted by atomic mass is 9.99. The molecule has 0 bridgehead atoms. The number of carbonyl (C=O) groups is 1. The molecule has 1 aromatic carbocycles. The number of piperidine rings is 1. The molecule has 1 aliphatic heterocycles. The molecule has 2 heterocycles. The van der Waals surface area contributed by atoms with Crippen LogP contribution in [0.15, 0.2) is 41.6 Å². The first-order chi connectivity index (χ1) is 11.4. The van der Waals surface area contributed by atoms with Gasteiger partial charge < -0.3 is 5.11 Å². The summed E-state index contributed by atoms with van der Waals surface area (Å²) < 4.78 is 41.4. The topological polar surface area (TPSA) is 92.5 Å². The van der Waals surface area contributed by atoms with E-state index < -0.39 is 27.7 Å². The molecule has 0 unspecified atom stereocenters. The second-order valence-electron chi connectivity index (χ2n) is 5.59. The second-order valence-corrected chi connectivity index (χ2v) is 7.53. The van der Waals surface area contributed by atoms with E-state index in [1.165, 1.54) is 39.6 Å². The van der Waals surface area contributed by atoms with Crippen molar-refractivity contribution in [3.63, 3.8) is 0 Å². The standard InChI is InChI=1S/C15H16FN3O4S/c16-13-3-1-2-4-14(13)19-10-12(9-17-19)24(22,23)18-7-5-11(6-8-18)15(20)21/h1-4,9-11H,5-8H2,(H,20,21). The third-order valence-electron chi connectivity index (χ3n) is 4.10. The SMILES string of the molecule is O=C(O)C1CCN(S(=O)(=O)c2cnn(-c3ccccc3F)c2)CC1. The number of hydrogen-bond donors (Lipinski definition) is 1. The summed E-state index contributed by atoms with van der Waals surface area (Å²) in [5.74, 6) is -1.93. The van der Waals surface area contributed by atoms with E-state index in [0.29, 0.717) is 0 Å². The number of hydrogen-bond acceptors (Lipinski definition) is 4. The van der Waals surface area contributed by atoms with Crippen molar-refractivity contribution in [2.24, 2.45) is 5.92 Å². The number of nitrogens with zero attached hydrogens (tertiary/aromatic N) is 3. The zero-order chi connectivity index (χ0) is 17.3. The average Bonchev–Trinajstić information content (AvgIpc) is 3.06. The van der Waals surface area contributed by atoms with Crippen LogP contribution in [0.1, 0.15) is 12.8 Å². The fourth-order valence-electron chi connectivity index (χ4n) is 2.70. The highest BCUT2D eigenvalue weighted by atomic mass is 32.2. The number of carboxylic acid groups (broad SMARTS) is 1. The summed E-state index contributed by atoms with van der Waals surface area (Å²) in [6.45, 7) is 0.286. The molecule has 0 spiro atoms. The number of rotatable bonds is 4. The van der Waals surface area contributed by atoms with Gasteiger partial charge in [0.15, 0.2) is 0 Å². The van der Waals surface area contributed by atoms with E-state index in [-0.39, 0.29) is 36.5 Å². The molecule has 2 aromatic rings. The number of carboxylic acids is 1. The molecule has 1 aromatic heterocycles. The normalized spacial score (nSPS) is 17.0. The maximum atomic E-state index is 13.8. The molecule has 0 aliphatic carbocycles. The fourth-order valence-corrected chi connectivity index (χ4v) is 4.10. The van der Waals surface area contributed by atoms with E-state index in [2.05, 4.69) is 5.10 Å². The zero-order valence-electron chi connectivity index (χ0n) is 12.7. The molecular formula is C15H16FN3O4S. The van der Waals surface area contributed by atoms with Crippen LogP contribution in [0, 0.1) is 11.7 Å². The first-order valence-corrected chi connectivity index (χ1v) is 8.86. The summed E-state index contributed by atoms with van der Waals surface area (Å²) in [6.07, 6.45) is 2.98. The van der Waals surface area contributed by atoms with Crippen LogP contribution >= 0.6 is 0 Å². The summed E-state index contributed by atoms with van der Waals surface area (Å²) in [4.78, 5) is 10.9. The van der Waals surface area contributed by atoms with Gasteiger partial charge in [-0.1, -0.05) is 12.1 Å². The molecule has 7 nitrogen and oxygen atoms in total. The van der Waals surface area contributed by atoms with Crippen molar-refractivity contribution in [2.75, 3.05) is 13.1 Å². The molecule has 1 N–H and O–H groups in total. The molecule has 1 fully saturated rings. The third kappa shape index (κ3) is 3.04. The maximum Gasteiger partial charge on any atom is 0.306 e. The van der Waals surface area contributed by atoms with Crippen LogP contribution < -0.4 is 0 Å². The number of aliphatic carboxylic acids is 1. The predicted octanol–water partition coefficient (Wildman–Crippen LogP) is 1.50. The van der Waals surface area contributed by atoms with Gasteiger partial charge in [0, 0.05) is 13.1 Å². The van der Waals surface area contributed by atoms with Gasteiger partial charge >= 0.3 is 5.97 Å². The zero-order valence-corrected chi connectivity index (χ0v) is 13.5. The van der Waals surface area contributed by atoms with Gasteiger partial charge in [-0.2, -0.15) is 9.40 Å². The number of aromatic nitrogens is 2. The fraction of sp³-hybridized carbons (Fsp3) is 0.333. The van der Waals surface area contributed by atoms with Crippen LogP contribution in [-0.4, -0.2) is 46.7 Å². The van der Waals surface area contributed by atoms with Gasteiger partial charge in [-0.05, 0) is 25.0 Å². The molecule has 128 valence electrons. The molecule has 3 rings (SSSR count). The van der Waals surface area contributed by atoms with E-state index in [0.717, 1.165) is 0 Å². The van der Waals surface area contributed by atoms with Crippen LogP contribution in [0.25, 0.3) is 5.69 Å². The number of para-hydroxylation sites is 1. The van der Waals surface area contributed by atoms with E-state index in [4.69, 9.17) is 5.11 Å². The molecule has 0 amide bonds. The quantitative estimate of drug-likeness (QED) is 0.899. The molecule has 0 atom stereocenters. The average molecular weight is 353 g/mol. The van der Waals surface area contributed by atoms with Crippen molar-refractivity contribution in [1.29, 1.82) is 0 Å². The van der Waals surface area contributed by atoms with Gasteiger partial charge in [0.2, 0.25) is 10.0 Å². The van der Waals surface area contributed by atoms with Crippen molar-refractivity contribution in [1.82, 2.24) is 14.1 Å². The predicted molar refractivity (Wildman–Crippen MR) is 82.6 cm³/mol. The molecule has 1 saturated heterocycles. The van der Waals surface area contributed by atoms with Crippen LogP contribution in [0.2, 0.25) is 0 Å². The molecule has 9 heteroatoms. The first kappa shape index (κ1) is 16.6. The lowest BCUT2D eigenvalue weighted by Crippen LogP contribution is -2.40. The highest BCUT2D eigenvalue weighted by molar-refractivity contribution is 7.89. The second kappa shape index (κ2) is 6.33. The minimum Gasteiger partial charge on any atom is -0.481 e. The van der Waals surface area contributed by atoms with Gasteiger partial charge in [0.05, 0.1) is 18.3 Å². The van der Waals surface area contributed by atoms with Gasteiger partial charge in [0.25, 0.3) is 0 Å². The Hall–Kier alpha value is -2.26. The Morgan fingerprint density at radius 2 is 1.92 bits per heavy atom. The van der Waals surface area contributed by atoms with Crippen molar-refractivity contribution >= 4 is 16.0 Å². The van der Waals surface area contributed by atoms with Gasteiger partial charge in [-0.15, -0.1) is 0 Å². The third-order valence-corrected chi connectivity index (χ3v) is 5.95. The largest absolute Gasteiger partial charge is 0.481 e. The monoisotopic (exact) mass is 353 g/mol. The Balaban J connectivity index is 1.82. The summed E-state index contributed by atoms with van der Waals surface area (Å²) in [7, 11) is -3.78. The van der Waals surface area contributed by atoms with Crippen molar-refractivity contribution in [2.45, 2.75) is 17.7 Å². The number of benzene rings is 1. The minimum atomic E-state index is -3.78. The lowest BCUT2D eigenvalue weighted by Gasteiger charge is -2.28. The van der Waals surface area contributed by atoms with Crippen molar-refractivity contribution in [3.8, 4) is 5.69 Å². The summed E-state index contributed by atoms with van der Waals surface area (Å²) in [5.41, 5.74) is 0.156. The maximum absolute atomic E-state index is 13.8. The van der Waals surface area contributed by atoms with Crippen molar-refractivity contribution < 1.29 is 22.7 Å². The summed E-state index contributed by atoms with van der Waals surface area (Å²) in [6, 6.07) is 5.93. The smallest absolute Gasteiger partial charge is 0.306 e. The van der Waals surface area contributed by atoms with E-state index in [9.17, 15) is 17.6 Å². The molecule has 0 saturated carbocycles. The lowest BCUT2D eigenvalue weighted by molar-refractivity contribution is -0.142. The number of halogens is 1. The van der Waals surface area contributed by atoms with E-state index in [1.54, 1.807) is 6.07 Å². The summed E-state index contributed by atoms with van der Waals surface area (Å²) >= 11 is 0. The van der Waals surface area contributed by atoms with Crippen LogP contribution in [0.3, 0.4) is 0 Å². The van der Waals surface area contributed by atoms with Gasteiger partial charge in [-0.25, -0.2) is 17.5 Å². The van der Waals surface area contributed by atoms with Gasteiger partial charge in [-0.3, -0.25) is 4.79 Å². The van der Waals surface area contributed by atoms with Crippen LogP contribution in [0.4, 0.5) is 4.39 Å². The van der Waals surface area contributed by atoms with Crippen molar-refractivity contribution in [3.05, 3.63) is 42.5 Å². The van der Waals surface area contributed by atoms with Crippen LogP contribution in [0.5, 0.6) is 0 Å². The van der Waals surface area contributed by atoms with Crippen LogP contribution in [-0.2, 0) is 14.8 Å². The Morgan fingerprint density at radius 3 is 2.54 bits per heavy atom. The minimum absolute atomic E-state index is 0.0421. The Kier molecular flexibility index (Phi) is 4.37. The Bertz CT molecular complexity index is 857. The molecule has 24 heavy (non-hydrogen) atoms. The summed E-state index contributed by atoms with van der Waals surface area (Å²) in [5, 5.41) is 12.9. The Morgan fingerprint density at radius 1 is 1.25 bits per heavy atom. The first-order valence-electron chi connectivity index (χ1n) is 7.42. The molecule has 0 radical (unpaired) electrons. The molecular weight excluding hydrogens is 337 g/mol. The van der Waals surface area contributed by atoms with E-state index >= 15 is 0 Å². The van der Waals surface area contributed by atoms with E-state index in [1.807, 2.05) is 0 Å². The highest BCUT2D eigenvalue weighted by Crippen LogP contribution is 2.24. The Labute approximate surface area is 138 Å². The highest BCUT2D eigenvalue weighted by Gasteiger charge is 2.32. The van der Waals surface area contributed by atoms with Gasteiger partial charge in [0.1, 0.15) is 16.4 Å². The number of sulfonamides is 1.